The molecule has 25 heavy (non-hydrogen) atoms. The number of carbonyl (C=O) groups excluding carboxylic acids is 2. The Bertz CT molecular complexity index is 806. The number of primary amides is 1. The molecule has 0 radical (unpaired) electrons. The lowest BCUT2D eigenvalue weighted by atomic mass is 10.0. The van der Waals surface area contributed by atoms with Crippen molar-refractivity contribution in [1.82, 2.24) is 19.8 Å². The van der Waals surface area contributed by atoms with Gasteiger partial charge in [0.1, 0.15) is 5.69 Å². The molecule has 1 aromatic heterocycles. The molecular formula is C17H21N5O2S. The summed E-state index contributed by atoms with van der Waals surface area (Å²) in [6.45, 7) is 1.75. The molecule has 0 saturated carbocycles. The van der Waals surface area contributed by atoms with Crippen molar-refractivity contribution < 1.29 is 9.59 Å². The van der Waals surface area contributed by atoms with E-state index in [1.54, 1.807) is 10.8 Å². The molecule has 8 heteroatoms. The minimum absolute atomic E-state index is 0.0734. The number of likely N-dealkylation sites (tertiary alicyclic amines) is 1. The Hall–Kier alpha value is -2.45. The predicted octanol–water partition coefficient (Wildman–Crippen LogP) is 1.21. The number of rotatable bonds is 5. The van der Waals surface area contributed by atoms with E-state index in [-0.39, 0.29) is 24.4 Å². The van der Waals surface area contributed by atoms with Gasteiger partial charge in [-0.3, -0.25) is 19.1 Å². The Balaban J connectivity index is 1.67. The maximum Gasteiger partial charge on any atom is 0.270 e. The lowest BCUT2D eigenvalue weighted by Gasteiger charge is -2.31. The van der Waals surface area contributed by atoms with E-state index < -0.39 is 0 Å². The van der Waals surface area contributed by atoms with Crippen molar-refractivity contribution in [3.8, 4) is 5.69 Å². The van der Waals surface area contributed by atoms with Gasteiger partial charge in [0, 0.05) is 31.0 Å². The third-order valence-corrected chi connectivity index (χ3v) is 4.63. The summed E-state index contributed by atoms with van der Waals surface area (Å²) in [6.07, 6.45) is 3.21. The maximum absolute atomic E-state index is 12.7. The molecule has 1 aliphatic heterocycles. The largest absolute Gasteiger partial charge is 0.369 e. The summed E-state index contributed by atoms with van der Waals surface area (Å²) >= 11 is 5.31. The van der Waals surface area contributed by atoms with Gasteiger partial charge in [-0.2, -0.15) is 0 Å². The van der Waals surface area contributed by atoms with E-state index in [0.29, 0.717) is 10.5 Å². The molecular weight excluding hydrogens is 338 g/mol. The van der Waals surface area contributed by atoms with Crippen LogP contribution in [-0.4, -0.2) is 51.9 Å². The molecule has 0 aliphatic carbocycles. The molecule has 0 atom stereocenters. The van der Waals surface area contributed by atoms with Crippen LogP contribution in [0.4, 0.5) is 0 Å². The van der Waals surface area contributed by atoms with Gasteiger partial charge in [0.2, 0.25) is 5.91 Å². The van der Waals surface area contributed by atoms with Gasteiger partial charge in [-0.25, -0.2) is 0 Å². The van der Waals surface area contributed by atoms with Gasteiger partial charge in [-0.1, -0.05) is 18.2 Å². The van der Waals surface area contributed by atoms with Gasteiger partial charge in [0.05, 0.1) is 6.54 Å². The minimum atomic E-state index is -0.323. The molecule has 1 aromatic carbocycles. The zero-order chi connectivity index (χ0) is 17.8. The number of benzene rings is 1. The second-order valence-electron chi connectivity index (χ2n) is 6.14. The summed E-state index contributed by atoms with van der Waals surface area (Å²) in [7, 11) is 0. The van der Waals surface area contributed by atoms with E-state index in [4.69, 9.17) is 18.0 Å². The van der Waals surface area contributed by atoms with Crippen LogP contribution in [0.2, 0.25) is 0 Å². The summed E-state index contributed by atoms with van der Waals surface area (Å²) in [4.78, 5) is 28.6. The second kappa shape index (κ2) is 7.62. The number of aromatic nitrogens is 2. The molecule has 2 aromatic rings. The standard InChI is InChI=1S/C17H21N5O2S/c18-15(23)11-21-8-6-12(7-9-21)20-16(24)14-10-19-17(25)22(14)13-4-2-1-3-5-13/h1-5,10,12H,6-9,11H2,(H2,18,23)(H,19,25)(H,20,24). The van der Waals surface area contributed by atoms with Crippen LogP contribution in [0.5, 0.6) is 0 Å². The Morgan fingerprint density at radius 2 is 1.92 bits per heavy atom. The molecule has 132 valence electrons. The van der Waals surface area contributed by atoms with E-state index in [1.165, 1.54) is 0 Å². The topological polar surface area (TPSA) is 96.2 Å². The van der Waals surface area contributed by atoms with Crippen molar-refractivity contribution in [2.24, 2.45) is 5.73 Å². The van der Waals surface area contributed by atoms with E-state index in [0.717, 1.165) is 31.6 Å². The van der Waals surface area contributed by atoms with Crippen LogP contribution in [0, 0.1) is 4.77 Å². The average molecular weight is 359 g/mol. The summed E-state index contributed by atoms with van der Waals surface area (Å²) in [5.74, 6) is -0.485. The number of hydrogen-bond donors (Lipinski definition) is 3. The molecule has 2 heterocycles. The van der Waals surface area contributed by atoms with E-state index in [1.807, 2.05) is 35.2 Å². The van der Waals surface area contributed by atoms with Crippen LogP contribution in [0.15, 0.2) is 36.5 Å². The molecule has 3 rings (SSSR count). The van der Waals surface area contributed by atoms with Gasteiger partial charge in [0.15, 0.2) is 4.77 Å². The van der Waals surface area contributed by atoms with Crippen LogP contribution in [0.25, 0.3) is 5.69 Å². The molecule has 0 bridgehead atoms. The van der Waals surface area contributed by atoms with E-state index in [2.05, 4.69) is 10.3 Å². The van der Waals surface area contributed by atoms with Crippen LogP contribution >= 0.6 is 12.2 Å². The lowest BCUT2D eigenvalue weighted by Crippen LogP contribution is -2.47. The van der Waals surface area contributed by atoms with Crippen molar-refractivity contribution in [2.45, 2.75) is 18.9 Å². The van der Waals surface area contributed by atoms with Gasteiger partial charge in [-0.15, -0.1) is 0 Å². The fourth-order valence-corrected chi connectivity index (χ4v) is 3.35. The third-order valence-electron chi connectivity index (χ3n) is 4.33. The quantitative estimate of drug-likeness (QED) is 0.699. The fourth-order valence-electron chi connectivity index (χ4n) is 3.08. The highest BCUT2D eigenvalue weighted by molar-refractivity contribution is 7.71. The SMILES string of the molecule is NC(=O)CN1CCC(NC(=O)c2c[nH]c(=S)n2-c2ccccc2)CC1. The number of H-pyrrole nitrogens is 1. The zero-order valence-corrected chi connectivity index (χ0v) is 14.6. The lowest BCUT2D eigenvalue weighted by molar-refractivity contribution is -0.119. The zero-order valence-electron chi connectivity index (χ0n) is 13.8. The van der Waals surface area contributed by atoms with Crippen molar-refractivity contribution in [2.75, 3.05) is 19.6 Å². The monoisotopic (exact) mass is 359 g/mol. The van der Waals surface area contributed by atoms with Crippen molar-refractivity contribution in [3.05, 3.63) is 47.0 Å². The number of hydrogen-bond acceptors (Lipinski definition) is 4. The highest BCUT2D eigenvalue weighted by Crippen LogP contribution is 2.14. The first-order valence-corrected chi connectivity index (χ1v) is 8.63. The number of aromatic amines is 1. The van der Waals surface area contributed by atoms with Crippen LogP contribution in [-0.2, 0) is 4.79 Å². The first-order chi connectivity index (χ1) is 12.0. The van der Waals surface area contributed by atoms with E-state index >= 15 is 0 Å². The molecule has 7 nitrogen and oxygen atoms in total. The van der Waals surface area contributed by atoms with Crippen molar-refractivity contribution in [1.29, 1.82) is 0 Å². The number of amides is 2. The Morgan fingerprint density at radius 3 is 2.56 bits per heavy atom. The first kappa shape index (κ1) is 17.4. The summed E-state index contributed by atoms with van der Waals surface area (Å²) in [5, 5.41) is 3.06. The predicted molar refractivity (Wildman–Crippen MR) is 97.1 cm³/mol. The Kier molecular flexibility index (Phi) is 5.30. The smallest absolute Gasteiger partial charge is 0.270 e. The molecule has 2 amide bonds. The molecule has 0 unspecified atom stereocenters. The van der Waals surface area contributed by atoms with Gasteiger partial charge in [-0.05, 0) is 37.2 Å². The van der Waals surface area contributed by atoms with Crippen LogP contribution in [0.3, 0.4) is 0 Å². The Morgan fingerprint density at radius 1 is 1.24 bits per heavy atom. The summed E-state index contributed by atoms with van der Waals surface area (Å²) in [5.41, 5.74) is 6.55. The number of piperidine rings is 1. The van der Waals surface area contributed by atoms with Crippen molar-refractivity contribution in [3.63, 3.8) is 0 Å². The average Bonchev–Trinajstić information content (AvgIpc) is 2.99. The Labute approximate surface area is 150 Å². The third kappa shape index (κ3) is 4.15. The summed E-state index contributed by atoms with van der Waals surface area (Å²) in [6, 6.07) is 9.61. The summed E-state index contributed by atoms with van der Waals surface area (Å²) < 4.78 is 2.21. The second-order valence-corrected chi connectivity index (χ2v) is 6.53. The van der Waals surface area contributed by atoms with Crippen LogP contribution in [0.1, 0.15) is 23.3 Å². The highest BCUT2D eigenvalue weighted by Gasteiger charge is 2.23. The van der Waals surface area contributed by atoms with Gasteiger partial charge >= 0.3 is 0 Å². The highest BCUT2D eigenvalue weighted by atomic mass is 32.1. The number of nitrogens with two attached hydrogens (primary N) is 1. The number of imidazole rings is 1. The number of carbonyl (C=O) groups is 2. The van der Waals surface area contributed by atoms with Crippen molar-refractivity contribution >= 4 is 24.0 Å². The van der Waals surface area contributed by atoms with Crippen LogP contribution < -0.4 is 11.1 Å². The molecule has 1 saturated heterocycles. The first-order valence-electron chi connectivity index (χ1n) is 8.22. The minimum Gasteiger partial charge on any atom is -0.369 e. The van der Waals surface area contributed by atoms with Gasteiger partial charge in [0.25, 0.3) is 5.91 Å². The number of nitrogens with one attached hydrogen (secondary N) is 2. The number of para-hydroxylation sites is 1. The number of nitrogens with zero attached hydrogens (tertiary/aromatic N) is 2. The fraction of sp³-hybridized carbons (Fsp3) is 0.353. The molecule has 4 N–H and O–H groups in total. The van der Waals surface area contributed by atoms with E-state index in [9.17, 15) is 9.59 Å². The molecule has 0 spiro atoms. The van der Waals surface area contributed by atoms with Gasteiger partial charge < -0.3 is 16.0 Å². The maximum atomic E-state index is 12.7. The molecule has 1 aliphatic rings. The molecule has 1 fully saturated rings. The normalized spacial score (nSPS) is 15.8.